The smallest absolute Gasteiger partial charge is 0.248 e. The lowest BCUT2D eigenvalue weighted by Crippen LogP contribution is -2.38. The minimum absolute atomic E-state index is 0.0222. The highest BCUT2D eigenvalue weighted by atomic mass is 79.9. The van der Waals surface area contributed by atoms with E-state index in [1.807, 2.05) is 13.8 Å². The lowest BCUT2D eigenvalue weighted by molar-refractivity contribution is -0.118. The predicted molar refractivity (Wildman–Crippen MR) is 102 cm³/mol. The number of amides is 1. The van der Waals surface area contributed by atoms with Crippen LogP contribution in [0.1, 0.15) is 20.3 Å². The van der Waals surface area contributed by atoms with Crippen molar-refractivity contribution in [2.24, 2.45) is 10.9 Å². The van der Waals surface area contributed by atoms with E-state index in [9.17, 15) is 17.6 Å². The fourth-order valence-electron chi connectivity index (χ4n) is 3.02. The van der Waals surface area contributed by atoms with Gasteiger partial charge in [-0.15, -0.1) is 0 Å². The molecule has 0 N–H and O–H groups in total. The average Bonchev–Trinajstić information content (AvgIpc) is 2.90. The van der Waals surface area contributed by atoms with Crippen molar-refractivity contribution in [3.8, 4) is 0 Å². The van der Waals surface area contributed by atoms with E-state index in [1.165, 1.54) is 17.8 Å². The lowest BCUT2D eigenvalue weighted by atomic mass is 10.1. The van der Waals surface area contributed by atoms with Crippen molar-refractivity contribution < 1.29 is 17.6 Å². The molecule has 2 atom stereocenters. The fourth-order valence-corrected chi connectivity index (χ4v) is 7.28. The Morgan fingerprint density at radius 2 is 2.16 bits per heavy atom. The Labute approximate surface area is 159 Å². The summed E-state index contributed by atoms with van der Waals surface area (Å²) in [5.41, 5.74) is 0.247. The summed E-state index contributed by atoms with van der Waals surface area (Å²) < 4.78 is 39.1. The van der Waals surface area contributed by atoms with Crippen LogP contribution in [0, 0.1) is 11.7 Å². The van der Waals surface area contributed by atoms with Crippen molar-refractivity contribution in [3.63, 3.8) is 0 Å². The molecule has 0 saturated carbocycles. The number of hydrogen-bond donors (Lipinski definition) is 0. The Morgan fingerprint density at radius 3 is 2.80 bits per heavy atom. The van der Waals surface area contributed by atoms with Gasteiger partial charge in [0.15, 0.2) is 15.0 Å². The number of halogens is 2. The monoisotopic (exact) mass is 448 g/mol. The van der Waals surface area contributed by atoms with Crippen molar-refractivity contribution in [1.82, 2.24) is 0 Å². The maximum absolute atomic E-state index is 14.5. The summed E-state index contributed by atoms with van der Waals surface area (Å²) in [7, 11) is -3.17. The van der Waals surface area contributed by atoms with E-state index in [-0.39, 0.29) is 34.3 Å². The van der Waals surface area contributed by atoms with Crippen molar-refractivity contribution in [3.05, 3.63) is 28.5 Å². The molecule has 1 aromatic carbocycles. The van der Waals surface area contributed by atoms with E-state index in [2.05, 4.69) is 20.9 Å². The van der Waals surface area contributed by atoms with Crippen molar-refractivity contribution in [2.75, 3.05) is 16.4 Å². The van der Waals surface area contributed by atoms with Gasteiger partial charge in [0.25, 0.3) is 0 Å². The number of benzene rings is 1. The highest BCUT2D eigenvalue weighted by Crippen LogP contribution is 2.42. The number of nitrogens with zero attached hydrogens (tertiary/aromatic N) is 2. The molecule has 0 bridgehead atoms. The van der Waals surface area contributed by atoms with Crippen LogP contribution in [-0.4, -0.2) is 42.3 Å². The molecule has 2 saturated heterocycles. The number of aliphatic imine (C=N–C) groups is 1. The van der Waals surface area contributed by atoms with Gasteiger partial charge in [-0.05, 0) is 24.1 Å². The normalized spacial score (nSPS) is 26.4. The summed E-state index contributed by atoms with van der Waals surface area (Å²) in [5, 5.41) is 0.149. The van der Waals surface area contributed by atoms with Gasteiger partial charge >= 0.3 is 0 Å². The maximum atomic E-state index is 14.5. The van der Waals surface area contributed by atoms with Gasteiger partial charge in [0.05, 0.1) is 23.2 Å². The van der Waals surface area contributed by atoms with Gasteiger partial charge < -0.3 is 4.90 Å². The summed E-state index contributed by atoms with van der Waals surface area (Å²) in [6.45, 7) is 3.85. The number of fused-ring (bicyclic) bond motifs is 1. The van der Waals surface area contributed by atoms with E-state index in [4.69, 9.17) is 0 Å². The van der Waals surface area contributed by atoms with Gasteiger partial charge in [-0.1, -0.05) is 41.5 Å². The number of thioether (sulfide) groups is 1. The third-order valence-corrected chi connectivity index (χ3v) is 7.74. The Bertz CT molecular complexity index is 842. The molecule has 3 rings (SSSR count). The Hall–Kier alpha value is -0.930. The molecule has 0 aliphatic carbocycles. The van der Waals surface area contributed by atoms with Crippen LogP contribution in [0.15, 0.2) is 27.7 Å². The van der Waals surface area contributed by atoms with Gasteiger partial charge in [0, 0.05) is 16.1 Å². The minimum Gasteiger partial charge on any atom is -0.313 e. The molecule has 0 spiro atoms. The number of amidine groups is 1. The maximum Gasteiger partial charge on any atom is 0.248 e. The van der Waals surface area contributed by atoms with Gasteiger partial charge in [0.2, 0.25) is 5.91 Å². The molecule has 1 amide bonds. The molecule has 2 aliphatic heterocycles. The number of rotatable bonds is 3. The van der Waals surface area contributed by atoms with Gasteiger partial charge in [0.1, 0.15) is 5.82 Å². The van der Waals surface area contributed by atoms with Crippen LogP contribution in [0.25, 0.3) is 0 Å². The van der Waals surface area contributed by atoms with E-state index in [0.29, 0.717) is 16.1 Å². The second-order valence-corrected chi connectivity index (χ2v) is 10.9. The molecule has 0 aromatic heterocycles. The van der Waals surface area contributed by atoms with Crippen LogP contribution in [0.5, 0.6) is 0 Å². The van der Waals surface area contributed by atoms with E-state index in [0.717, 1.165) is 0 Å². The number of hydrogen-bond acceptors (Lipinski definition) is 4. The molecule has 5 nitrogen and oxygen atoms in total. The first-order chi connectivity index (χ1) is 11.7. The summed E-state index contributed by atoms with van der Waals surface area (Å²) in [6, 6.07) is 4.18. The third-order valence-electron chi connectivity index (χ3n) is 4.04. The number of carbonyl (C=O) groups excluding carboxylic acids is 1. The summed E-state index contributed by atoms with van der Waals surface area (Å²) in [5.74, 6) is -0.626. The van der Waals surface area contributed by atoms with E-state index >= 15 is 0 Å². The largest absolute Gasteiger partial charge is 0.313 e. The standard InChI is InChI=1S/C16H18BrFN2O3S2/c1-9(2)5-15(21)19-16-20(12-4-3-10(17)6-11(12)18)13-7-25(22,23)8-14(13)24-16/h3-4,6,9,13-14H,5,7-8H2,1-2H3/t13-,14+/m0/s1. The van der Waals surface area contributed by atoms with E-state index in [1.54, 1.807) is 17.0 Å². The summed E-state index contributed by atoms with van der Waals surface area (Å²) in [4.78, 5) is 17.9. The first kappa shape index (κ1) is 18.8. The Kier molecular flexibility index (Phi) is 5.28. The fraction of sp³-hybridized carbons (Fsp3) is 0.500. The van der Waals surface area contributed by atoms with Crippen LogP contribution in [0.3, 0.4) is 0 Å². The van der Waals surface area contributed by atoms with Crippen molar-refractivity contribution >= 4 is 54.3 Å². The van der Waals surface area contributed by atoms with E-state index < -0.39 is 21.7 Å². The molecule has 0 radical (unpaired) electrons. The predicted octanol–water partition coefficient (Wildman–Crippen LogP) is 3.24. The topological polar surface area (TPSA) is 66.8 Å². The summed E-state index contributed by atoms with van der Waals surface area (Å²) in [6.07, 6.45) is 0.300. The second kappa shape index (κ2) is 7.00. The Morgan fingerprint density at radius 1 is 1.44 bits per heavy atom. The molecular formula is C16H18BrFN2O3S2. The van der Waals surface area contributed by atoms with Gasteiger partial charge in [-0.25, -0.2) is 12.8 Å². The third kappa shape index (κ3) is 4.09. The second-order valence-electron chi connectivity index (χ2n) is 6.65. The zero-order valence-corrected chi connectivity index (χ0v) is 17.0. The number of sulfone groups is 1. The average molecular weight is 449 g/mol. The zero-order valence-electron chi connectivity index (χ0n) is 13.8. The molecule has 2 fully saturated rings. The molecule has 9 heteroatoms. The quantitative estimate of drug-likeness (QED) is 0.709. The Balaban J connectivity index is 2.01. The molecule has 0 unspecified atom stereocenters. The first-order valence-corrected chi connectivity index (χ1v) is 11.4. The summed E-state index contributed by atoms with van der Waals surface area (Å²) >= 11 is 4.47. The van der Waals surface area contributed by atoms with Gasteiger partial charge in [-0.2, -0.15) is 4.99 Å². The highest BCUT2D eigenvalue weighted by molar-refractivity contribution is 9.10. The molecule has 25 heavy (non-hydrogen) atoms. The van der Waals surface area contributed by atoms with Crippen LogP contribution in [-0.2, 0) is 14.6 Å². The molecule has 136 valence electrons. The number of carbonyl (C=O) groups is 1. The minimum atomic E-state index is -3.17. The van der Waals surface area contributed by atoms with Crippen LogP contribution in [0.2, 0.25) is 0 Å². The van der Waals surface area contributed by atoms with Crippen LogP contribution in [0.4, 0.5) is 10.1 Å². The van der Waals surface area contributed by atoms with Crippen molar-refractivity contribution in [1.29, 1.82) is 0 Å². The molecule has 1 aromatic rings. The van der Waals surface area contributed by atoms with Crippen LogP contribution >= 0.6 is 27.7 Å². The molecular weight excluding hydrogens is 431 g/mol. The SMILES string of the molecule is CC(C)CC(=O)N=C1S[C@@H]2CS(=O)(=O)C[C@@H]2N1c1ccc(Br)cc1F. The lowest BCUT2D eigenvalue weighted by Gasteiger charge is -2.25. The highest BCUT2D eigenvalue weighted by Gasteiger charge is 2.49. The van der Waals surface area contributed by atoms with Gasteiger partial charge in [-0.3, -0.25) is 4.79 Å². The van der Waals surface area contributed by atoms with Crippen LogP contribution < -0.4 is 4.90 Å². The zero-order chi connectivity index (χ0) is 18.4. The first-order valence-electron chi connectivity index (χ1n) is 7.89. The molecule has 2 heterocycles. The van der Waals surface area contributed by atoms with Crippen molar-refractivity contribution in [2.45, 2.75) is 31.6 Å². The number of anilines is 1. The molecule has 2 aliphatic rings.